The molecule has 2 aromatic carbocycles. The summed E-state index contributed by atoms with van der Waals surface area (Å²) >= 11 is 0. The van der Waals surface area contributed by atoms with Gasteiger partial charge in [-0.3, -0.25) is 0 Å². The second-order valence-corrected chi connectivity index (χ2v) is 9.91. The van der Waals surface area contributed by atoms with Crippen molar-refractivity contribution in [1.29, 1.82) is 0 Å². The van der Waals surface area contributed by atoms with Crippen LogP contribution in [0.2, 0.25) is 0 Å². The summed E-state index contributed by atoms with van der Waals surface area (Å²) in [6, 6.07) is 6.97. The molecule has 0 saturated heterocycles. The largest absolute Gasteiger partial charge is 0.494 e. The number of unbranched alkanes of at least 4 members (excludes halogenated alkanes) is 2. The zero-order chi connectivity index (χ0) is 22.7. The number of hydrogen-bond acceptors (Lipinski definition) is 1. The molecule has 1 nitrogen and oxygen atoms in total. The highest BCUT2D eigenvalue weighted by Gasteiger charge is 2.36. The van der Waals surface area contributed by atoms with E-state index in [1.54, 1.807) is 0 Å². The number of ether oxygens (including phenoxy) is 1. The van der Waals surface area contributed by atoms with Gasteiger partial charge in [-0.2, -0.15) is 0 Å². The smallest absolute Gasteiger partial charge is 0.165 e. The topological polar surface area (TPSA) is 9.23 Å². The van der Waals surface area contributed by atoms with Crippen molar-refractivity contribution in [3.63, 3.8) is 0 Å². The highest BCUT2D eigenvalue weighted by atomic mass is 19.1. The summed E-state index contributed by atoms with van der Waals surface area (Å²) in [5, 5.41) is 0. The summed E-state index contributed by atoms with van der Waals surface area (Å²) in [7, 11) is 1.36. The van der Waals surface area contributed by atoms with Gasteiger partial charge in [0.25, 0.3) is 0 Å². The molecule has 0 bridgehead atoms. The SMILES string of the molecule is CCCCCC1CCC2CC(c3cc(F)c(-c4ccc(OC)c(F)c4)c(F)c3)CCC2C1. The normalized spacial score (nSPS) is 25.4. The Hall–Kier alpha value is -1.97. The van der Waals surface area contributed by atoms with E-state index >= 15 is 8.78 Å². The lowest BCUT2D eigenvalue weighted by atomic mass is 9.63. The predicted octanol–water partition coefficient (Wildman–Crippen LogP) is 8.66. The van der Waals surface area contributed by atoms with E-state index in [-0.39, 0.29) is 22.8 Å². The van der Waals surface area contributed by atoms with Gasteiger partial charge in [0.1, 0.15) is 11.6 Å². The van der Waals surface area contributed by atoms with Gasteiger partial charge in [-0.25, -0.2) is 13.2 Å². The molecule has 4 atom stereocenters. The minimum Gasteiger partial charge on any atom is -0.494 e. The van der Waals surface area contributed by atoms with Crippen molar-refractivity contribution in [2.75, 3.05) is 7.11 Å². The number of benzene rings is 2. The third-order valence-corrected chi connectivity index (χ3v) is 7.91. The van der Waals surface area contributed by atoms with Crippen LogP contribution in [0, 0.1) is 35.2 Å². The quantitative estimate of drug-likeness (QED) is 0.388. The average molecular weight is 445 g/mol. The van der Waals surface area contributed by atoms with Gasteiger partial charge in [0.15, 0.2) is 11.6 Å². The molecule has 32 heavy (non-hydrogen) atoms. The fourth-order valence-electron chi connectivity index (χ4n) is 6.16. The van der Waals surface area contributed by atoms with E-state index in [0.717, 1.165) is 42.7 Å². The second-order valence-electron chi connectivity index (χ2n) is 9.91. The van der Waals surface area contributed by atoms with Crippen molar-refractivity contribution < 1.29 is 17.9 Å². The summed E-state index contributed by atoms with van der Waals surface area (Å²) in [4.78, 5) is 0. The van der Waals surface area contributed by atoms with E-state index in [1.807, 2.05) is 0 Å². The molecule has 0 aromatic heterocycles. The maximum Gasteiger partial charge on any atom is 0.165 e. The third kappa shape index (κ3) is 5.00. The van der Waals surface area contributed by atoms with Crippen LogP contribution in [0.3, 0.4) is 0 Å². The van der Waals surface area contributed by atoms with Crippen molar-refractivity contribution in [1.82, 2.24) is 0 Å². The zero-order valence-electron chi connectivity index (χ0n) is 19.3. The second kappa shape index (κ2) is 10.3. The minimum atomic E-state index is -0.628. The molecule has 4 heteroatoms. The molecule has 0 radical (unpaired) electrons. The fraction of sp³-hybridized carbons (Fsp3) is 0.571. The summed E-state index contributed by atoms with van der Waals surface area (Å²) in [6.45, 7) is 2.26. The number of methoxy groups -OCH3 is 1. The van der Waals surface area contributed by atoms with Crippen LogP contribution in [-0.4, -0.2) is 7.11 Å². The minimum absolute atomic E-state index is 0.0584. The standard InChI is InChI=1S/C28H35F3O/c1-3-4-5-6-18-7-8-20-14-21(10-9-19(20)13-18)23-16-25(30)28(26(31)17-23)22-11-12-27(32-2)24(29)15-22/h11-12,15-21H,3-10,13-14H2,1-2H3. The molecule has 4 unspecified atom stereocenters. The Morgan fingerprint density at radius 1 is 0.844 bits per heavy atom. The third-order valence-electron chi connectivity index (χ3n) is 7.91. The molecule has 0 spiro atoms. The van der Waals surface area contributed by atoms with Gasteiger partial charge in [0.05, 0.1) is 12.7 Å². The van der Waals surface area contributed by atoms with E-state index in [1.165, 1.54) is 76.3 Å². The predicted molar refractivity (Wildman–Crippen MR) is 123 cm³/mol. The Bertz CT molecular complexity index is 902. The summed E-state index contributed by atoms with van der Waals surface area (Å²) in [5.74, 6) is 0.731. The fourth-order valence-corrected chi connectivity index (χ4v) is 6.16. The first-order valence-electron chi connectivity index (χ1n) is 12.3. The number of rotatable bonds is 7. The van der Waals surface area contributed by atoms with E-state index in [9.17, 15) is 4.39 Å². The van der Waals surface area contributed by atoms with Gasteiger partial charge >= 0.3 is 0 Å². The highest BCUT2D eigenvalue weighted by molar-refractivity contribution is 5.66. The summed E-state index contributed by atoms with van der Waals surface area (Å²) < 4.78 is 49.0. The molecule has 174 valence electrons. The van der Waals surface area contributed by atoms with Gasteiger partial charge in [0, 0.05) is 0 Å². The Balaban J connectivity index is 1.45. The molecule has 0 heterocycles. The molecule has 2 aliphatic carbocycles. The molecular weight excluding hydrogens is 409 g/mol. The first kappa shape index (κ1) is 23.2. The van der Waals surface area contributed by atoms with Crippen molar-refractivity contribution in [3.8, 4) is 16.9 Å². The van der Waals surface area contributed by atoms with Gasteiger partial charge in [-0.15, -0.1) is 0 Å². The Kier molecular flexibility index (Phi) is 7.48. The lowest BCUT2D eigenvalue weighted by molar-refractivity contribution is 0.113. The Morgan fingerprint density at radius 3 is 2.25 bits per heavy atom. The van der Waals surface area contributed by atoms with Crippen molar-refractivity contribution in [2.24, 2.45) is 17.8 Å². The highest BCUT2D eigenvalue weighted by Crippen LogP contribution is 2.49. The Morgan fingerprint density at radius 2 is 1.56 bits per heavy atom. The van der Waals surface area contributed by atoms with Crippen LogP contribution >= 0.6 is 0 Å². The van der Waals surface area contributed by atoms with Crippen LogP contribution < -0.4 is 4.74 Å². The average Bonchev–Trinajstić information content (AvgIpc) is 2.78. The van der Waals surface area contributed by atoms with Crippen LogP contribution in [0.15, 0.2) is 30.3 Å². The van der Waals surface area contributed by atoms with E-state index in [4.69, 9.17) is 4.74 Å². The van der Waals surface area contributed by atoms with E-state index in [0.29, 0.717) is 5.92 Å². The first-order valence-corrected chi connectivity index (χ1v) is 12.3. The molecule has 2 aromatic rings. The molecule has 0 amide bonds. The summed E-state index contributed by atoms with van der Waals surface area (Å²) in [6.07, 6.45) is 12.4. The molecule has 0 N–H and O–H groups in total. The van der Waals surface area contributed by atoms with Crippen molar-refractivity contribution >= 4 is 0 Å². The van der Waals surface area contributed by atoms with Crippen LogP contribution in [0.25, 0.3) is 11.1 Å². The lowest BCUT2D eigenvalue weighted by Gasteiger charge is -2.42. The maximum atomic E-state index is 15.0. The lowest BCUT2D eigenvalue weighted by Crippen LogP contribution is -2.30. The molecule has 0 aliphatic heterocycles. The molecule has 2 aliphatic rings. The van der Waals surface area contributed by atoms with Crippen molar-refractivity contribution in [2.45, 2.75) is 77.0 Å². The van der Waals surface area contributed by atoms with Gasteiger partial charge in [-0.05, 0) is 91.2 Å². The molecular formula is C28H35F3O. The molecule has 2 fully saturated rings. The van der Waals surface area contributed by atoms with Crippen LogP contribution in [0.4, 0.5) is 13.2 Å². The van der Waals surface area contributed by atoms with Crippen LogP contribution in [0.5, 0.6) is 5.75 Å². The number of hydrogen-bond donors (Lipinski definition) is 0. The monoisotopic (exact) mass is 444 g/mol. The molecule has 2 saturated carbocycles. The van der Waals surface area contributed by atoms with E-state index in [2.05, 4.69) is 6.92 Å². The van der Waals surface area contributed by atoms with E-state index < -0.39 is 17.5 Å². The molecule has 4 rings (SSSR count). The van der Waals surface area contributed by atoms with Crippen molar-refractivity contribution in [3.05, 3.63) is 53.3 Å². The zero-order valence-corrected chi connectivity index (χ0v) is 19.3. The van der Waals surface area contributed by atoms with Gasteiger partial charge < -0.3 is 4.74 Å². The Labute approximate surface area is 190 Å². The first-order chi connectivity index (χ1) is 15.5. The van der Waals surface area contributed by atoms with Gasteiger partial charge in [-0.1, -0.05) is 45.1 Å². The van der Waals surface area contributed by atoms with Crippen LogP contribution in [-0.2, 0) is 0 Å². The van der Waals surface area contributed by atoms with Crippen LogP contribution in [0.1, 0.15) is 82.6 Å². The maximum absolute atomic E-state index is 15.0. The number of fused-ring (bicyclic) bond motifs is 1. The van der Waals surface area contributed by atoms with Gasteiger partial charge in [0.2, 0.25) is 0 Å². The number of halogens is 3. The summed E-state index contributed by atoms with van der Waals surface area (Å²) in [5.41, 5.74) is 0.771.